The molecule has 1 aromatic carbocycles. The van der Waals surface area contributed by atoms with Gasteiger partial charge in [-0.2, -0.15) is 5.10 Å². The molecule has 0 aliphatic heterocycles. The average molecular weight is 279 g/mol. The number of aryl methyl sites for hydroxylation is 2. The van der Waals surface area contributed by atoms with Crippen LogP contribution in [0.3, 0.4) is 0 Å². The summed E-state index contributed by atoms with van der Waals surface area (Å²) in [4.78, 5) is 0. The summed E-state index contributed by atoms with van der Waals surface area (Å²) < 4.78 is 1.83. The van der Waals surface area contributed by atoms with E-state index in [4.69, 9.17) is 17.4 Å². The third-order valence-corrected chi connectivity index (χ3v) is 3.45. The summed E-state index contributed by atoms with van der Waals surface area (Å²) >= 11 is 5.90. The minimum Gasteiger partial charge on any atom is -0.275 e. The fourth-order valence-electron chi connectivity index (χ4n) is 2.23. The Morgan fingerprint density at radius 1 is 1.37 bits per heavy atom. The lowest BCUT2D eigenvalue weighted by molar-refractivity contribution is 0.547. The van der Waals surface area contributed by atoms with Crippen LogP contribution in [-0.2, 0) is 19.9 Å². The number of nitrogens with two attached hydrogens (primary N) is 1. The number of aromatic nitrogens is 2. The number of hydrogen-bond donors (Lipinski definition) is 2. The van der Waals surface area contributed by atoms with Gasteiger partial charge in [-0.05, 0) is 30.5 Å². The second-order valence-electron chi connectivity index (χ2n) is 4.61. The highest BCUT2D eigenvalue weighted by molar-refractivity contribution is 6.30. The molecule has 19 heavy (non-hydrogen) atoms. The van der Waals surface area contributed by atoms with Gasteiger partial charge < -0.3 is 0 Å². The molecule has 0 aliphatic rings. The van der Waals surface area contributed by atoms with Gasteiger partial charge >= 0.3 is 0 Å². The van der Waals surface area contributed by atoms with Gasteiger partial charge in [0, 0.05) is 23.8 Å². The van der Waals surface area contributed by atoms with Crippen molar-refractivity contribution in [1.82, 2.24) is 15.2 Å². The molecular weight excluding hydrogens is 260 g/mol. The summed E-state index contributed by atoms with van der Waals surface area (Å²) in [5.74, 6) is 5.70. The molecule has 0 amide bonds. The molecule has 0 spiro atoms. The fraction of sp³-hybridized carbons (Fsp3) is 0.357. The molecule has 0 bridgehead atoms. The molecule has 2 rings (SSSR count). The van der Waals surface area contributed by atoms with E-state index in [2.05, 4.69) is 17.4 Å². The van der Waals surface area contributed by atoms with Crippen LogP contribution in [0.15, 0.2) is 30.5 Å². The minimum absolute atomic E-state index is 0.0600. The minimum atomic E-state index is 0.0600. The van der Waals surface area contributed by atoms with Gasteiger partial charge in [0.25, 0.3) is 0 Å². The van der Waals surface area contributed by atoms with Crippen molar-refractivity contribution >= 4 is 11.6 Å². The van der Waals surface area contributed by atoms with Crippen molar-refractivity contribution in [2.24, 2.45) is 12.9 Å². The lowest BCUT2D eigenvalue weighted by Crippen LogP contribution is -2.30. The molecule has 4 nitrogen and oxygen atoms in total. The SMILES string of the molecule is CCc1nn(C)cc1C(Cc1ccc(Cl)cc1)NN. The highest BCUT2D eigenvalue weighted by Crippen LogP contribution is 2.22. The van der Waals surface area contributed by atoms with Gasteiger partial charge in [-0.1, -0.05) is 30.7 Å². The fourth-order valence-corrected chi connectivity index (χ4v) is 2.36. The predicted molar refractivity (Wildman–Crippen MR) is 77.8 cm³/mol. The van der Waals surface area contributed by atoms with E-state index in [9.17, 15) is 0 Å². The number of hydrogen-bond acceptors (Lipinski definition) is 3. The molecule has 102 valence electrons. The second kappa shape index (κ2) is 6.19. The van der Waals surface area contributed by atoms with E-state index in [-0.39, 0.29) is 6.04 Å². The normalized spacial score (nSPS) is 12.6. The molecule has 1 atom stereocenters. The lowest BCUT2D eigenvalue weighted by Gasteiger charge is -2.16. The highest BCUT2D eigenvalue weighted by Gasteiger charge is 2.17. The van der Waals surface area contributed by atoms with Crippen LogP contribution in [0.2, 0.25) is 5.02 Å². The Balaban J connectivity index is 2.22. The zero-order chi connectivity index (χ0) is 13.8. The van der Waals surface area contributed by atoms with Gasteiger partial charge in [0.15, 0.2) is 0 Å². The first-order valence-corrected chi connectivity index (χ1v) is 6.74. The van der Waals surface area contributed by atoms with Crippen LogP contribution in [0.5, 0.6) is 0 Å². The molecule has 0 fully saturated rings. The Kier molecular flexibility index (Phi) is 4.58. The van der Waals surface area contributed by atoms with Gasteiger partial charge in [0.2, 0.25) is 0 Å². The van der Waals surface area contributed by atoms with E-state index in [1.54, 1.807) is 0 Å². The Morgan fingerprint density at radius 3 is 2.63 bits per heavy atom. The maximum Gasteiger partial charge on any atom is 0.0670 e. The molecule has 0 aliphatic carbocycles. The summed E-state index contributed by atoms with van der Waals surface area (Å²) in [6.07, 6.45) is 3.74. The Bertz CT molecular complexity index is 533. The topological polar surface area (TPSA) is 55.9 Å². The lowest BCUT2D eigenvalue weighted by atomic mass is 9.99. The van der Waals surface area contributed by atoms with Gasteiger partial charge in [0.1, 0.15) is 0 Å². The number of nitrogens with zero attached hydrogens (tertiary/aromatic N) is 2. The quantitative estimate of drug-likeness (QED) is 0.652. The van der Waals surface area contributed by atoms with E-state index >= 15 is 0 Å². The summed E-state index contributed by atoms with van der Waals surface area (Å²) in [7, 11) is 1.93. The van der Waals surface area contributed by atoms with Crippen LogP contribution in [0.4, 0.5) is 0 Å². The van der Waals surface area contributed by atoms with E-state index in [0.717, 1.165) is 29.1 Å². The van der Waals surface area contributed by atoms with Crippen molar-refractivity contribution in [3.8, 4) is 0 Å². The second-order valence-corrected chi connectivity index (χ2v) is 5.04. The smallest absolute Gasteiger partial charge is 0.0670 e. The van der Waals surface area contributed by atoms with E-state index in [1.165, 1.54) is 5.56 Å². The van der Waals surface area contributed by atoms with Crippen LogP contribution in [0.25, 0.3) is 0 Å². The number of rotatable bonds is 5. The van der Waals surface area contributed by atoms with E-state index in [1.807, 2.05) is 42.2 Å². The third-order valence-electron chi connectivity index (χ3n) is 3.20. The van der Waals surface area contributed by atoms with Gasteiger partial charge in [-0.3, -0.25) is 16.0 Å². The van der Waals surface area contributed by atoms with Crippen LogP contribution in [0, 0.1) is 0 Å². The van der Waals surface area contributed by atoms with Crippen molar-refractivity contribution in [1.29, 1.82) is 0 Å². The van der Waals surface area contributed by atoms with Crippen molar-refractivity contribution in [3.63, 3.8) is 0 Å². The monoisotopic (exact) mass is 278 g/mol. The van der Waals surface area contributed by atoms with Crippen LogP contribution < -0.4 is 11.3 Å². The average Bonchev–Trinajstić information content (AvgIpc) is 2.79. The standard InChI is InChI=1S/C14H19ClN4/c1-3-13-12(9-19(2)18-13)14(17-16)8-10-4-6-11(15)7-5-10/h4-7,9,14,17H,3,8,16H2,1-2H3. The van der Waals surface area contributed by atoms with Crippen LogP contribution in [-0.4, -0.2) is 9.78 Å². The first-order chi connectivity index (χ1) is 9.13. The predicted octanol–water partition coefficient (Wildman–Crippen LogP) is 2.38. The van der Waals surface area contributed by atoms with Crippen LogP contribution >= 0.6 is 11.6 Å². The zero-order valence-corrected chi connectivity index (χ0v) is 12.0. The zero-order valence-electron chi connectivity index (χ0n) is 11.2. The summed E-state index contributed by atoms with van der Waals surface area (Å²) in [5.41, 5.74) is 6.31. The van der Waals surface area contributed by atoms with Crippen molar-refractivity contribution in [2.45, 2.75) is 25.8 Å². The van der Waals surface area contributed by atoms with E-state index in [0.29, 0.717) is 0 Å². The Hall–Kier alpha value is -1.36. The van der Waals surface area contributed by atoms with Crippen LogP contribution in [0.1, 0.15) is 29.8 Å². The maximum absolute atomic E-state index is 5.90. The van der Waals surface area contributed by atoms with Gasteiger partial charge in [0.05, 0.1) is 11.7 Å². The van der Waals surface area contributed by atoms with E-state index < -0.39 is 0 Å². The molecule has 2 aromatic rings. The van der Waals surface area contributed by atoms with Crippen molar-refractivity contribution < 1.29 is 0 Å². The largest absolute Gasteiger partial charge is 0.275 e. The summed E-state index contributed by atoms with van der Waals surface area (Å²) in [5, 5.41) is 5.20. The molecule has 0 saturated heterocycles. The highest BCUT2D eigenvalue weighted by atomic mass is 35.5. The van der Waals surface area contributed by atoms with Gasteiger partial charge in [-0.25, -0.2) is 0 Å². The molecule has 1 aromatic heterocycles. The molecule has 0 saturated carbocycles. The number of benzene rings is 1. The molecule has 1 unspecified atom stereocenters. The first kappa shape index (κ1) is 14.1. The maximum atomic E-state index is 5.90. The van der Waals surface area contributed by atoms with Crippen molar-refractivity contribution in [3.05, 3.63) is 52.3 Å². The molecule has 3 N–H and O–H groups in total. The molecule has 1 heterocycles. The van der Waals surface area contributed by atoms with Gasteiger partial charge in [-0.15, -0.1) is 0 Å². The summed E-state index contributed by atoms with van der Waals surface area (Å²) in [6, 6.07) is 7.90. The first-order valence-electron chi connectivity index (χ1n) is 6.37. The molecule has 0 radical (unpaired) electrons. The summed E-state index contributed by atoms with van der Waals surface area (Å²) in [6.45, 7) is 2.10. The third kappa shape index (κ3) is 3.35. The number of hydrazine groups is 1. The number of halogens is 1. The van der Waals surface area contributed by atoms with Crippen molar-refractivity contribution in [2.75, 3.05) is 0 Å². The molecular formula is C14H19ClN4. The Morgan fingerprint density at radius 2 is 2.05 bits per heavy atom. The molecule has 5 heteroatoms. The number of nitrogens with one attached hydrogen (secondary N) is 1. The Labute approximate surface area is 118 Å².